The van der Waals surface area contributed by atoms with Crippen molar-refractivity contribution < 1.29 is 4.79 Å². The molecule has 1 unspecified atom stereocenters. The number of carbonyl (C=O) groups is 1. The van der Waals surface area contributed by atoms with E-state index in [0.29, 0.717) is 6.42 Å². The van der Waals surface area contributed by atoms with Gasteiger partial charge in [-0.1, -0.05) is 25.5 Å². The Morgan fingerprint density at radius 3 is 2.58 bits per heavy atom. The van der Waals surface area contributed by atoms with Crippen molar-refractivity contribution in [3.05, 3.63) is 48.5 Å². The summed E-state index contributed by atoms with van der Waals surface area (Å²) in [5.74, 6) is 0.643. The number of para-hydroxylation sites is 2. The van der Waals surface area contributed by atoms with Gasteiger partial charge in [0.2, 0.25) is 5.91 Å². The normalized spacial score (nSPS) is 13.6. The zero-order valence-corrected chi connectivity index (χ0v) is 14.0. The van der Waals surface area contributed by atoms with Crippen LogP contribution >= 0.6 is 0 Å². The third kappa shape index (κ3) is 3.31. The molecule has 2 aromatic carbocycles. The number of rotatable bonds is 5. The molecule has 0 spiro atoms. The Hall–Kier alpha value is -2.66. The highest BCUT2D eigenvalue weighted by molar-refractivity contribution is 5.97. The monoisotopic (exact) mass is 322 g/mol. The van der Waals surface area contributed by atoms with Gasteiger partial charge in [0.15, 0.2) is 0 Å². The van der Waals surface area contributed by atoms with Crippen LogP contribution in [0.4, 0.5) is 5.69 Å². The minimum Gasteiger partial charge on any atom is -0.338 e. The first-order valence-corrected chi connectivity index (χ1v) is 8.15. The molecule has 1 aromatic heterocycles. The fourth-order valence-corrected chi connectivity index (χ4v) is 2.71. The molecule has 0 aliphatic carbocycles. The Labute approximate surface area is 141 Å². The number of hydrogen-bond acceptors (Lipinski definition) is 3. The second-order valence-corrected chi connectivity index (χ2v) is 6.30. The Balaban J connectivity index is 1.77. The molecule has 124 valence electrons. The van der Waals surface area contributed by atoms with Gasteiger partial charge in [0.05, 0.1) is 16.6 Å². The van der Waals surface area contributed by atoms with E-state index in [2.05, 4.69) is 15.3 Å². The van der Waals surface area contributed by atoms with E-state index in [0.717, 1.165) is 34.5 Å². The number of anilines is 1. The summed E-state index contributed by atoms with van der Waals surface area (Å²) in [5, 5.41) is 2.88. The van der Waals surface area contributed by atoms with E-state index >= 15 is 0 Å². The topological polar surface area (TPSA) is 83.8 Å². The lowest BCUT2D eigenvalue weighted by molar-refractivity contribution is -0.120. The summed E-state index contributed by atoms with van der Waals surface area (Å²) in [5.41, 5.74) is 8.83. The molecule has 24 heavy (non-hydrogen) atoms. The summed E-state index contributed by atoms with van der Waals surface area (Å²) in [6.07, 6.45) is 1.52. The molecule has 0 saturated heterocycles. The van der Waals surface area contributed by atoms with Crippen LogP contribution in [0.3, 0.4) is 0 Å². The first kappa shape index (κ1) is 16.2. The number of benzene rings is 2. The average Bonchev–Trinajstić information content (AvgIpc) is 2.99. The average molecular weight is 322 g/mol. The van der Waals surface area contributed by atoms with Crippen molar-refractivity contribution >= 4 is 22.6 Å². The molecule has 0 fully saturated rings. The van der Waals surface area contributed by atoms with Crippen molar-refractivity contribution in [2.75, 3.05) is 5.32 Å². The quantitative estimate of drug-likeness (QED) is 0.670. The van der Waals surface area contributed by atoms with Crippen molar-refractivity contribution in [1.29, 1.82) is 0 Å². The molecule has 5 heteroatoms. The van der Waals surface area contributed by atoms with Crippen molar-refractivity contribution in [3.8, 4) is 11.4 Å². The number of carbonyl (C=O) groups excluding carboxylic acids is 1. The summed E-state index contributed by atoms with van der Waals surface area (Å²) in [6.45, 7) is 3.77. The molecule has 3 rings (SSSR count). The molecule has 1 amide bonds. The molecule has 0 radical (unpaired) electrons. The van der Waals surface area contributed by atoms with Crippen molar-refractivity contribution in [1.82, 2.24) is 9.97 Å². The van der Waals surface area contributed by atoms with Crippen LogP contribution in [-0.2, 0) is 4.79 Å². The zero-order chi connectivity index (χ0) is 17.2. The third-order valence-corrected chi connectivity index (χ3v) is 4.09. The maximum atomic E-state index is 12.2. The molecule has 4 N–H and O–H groups in total. The summed E-state index contributed by atoms with van der Waals surface area (Å²) < 4.78 is 0. The maximum absolute atomic E-state index is 12.2. The molecule has 1 heterocycles. The lowest BCUT2D eigenvalue weighted by Crippen LogP contribution is -2.48. The maximum Gasteiger partial charge on any atom is 0.244 e. The lowest BCUT2D eigenvalue weighted by atomic mass is 9.96. The van der Waals surface area contributed by atoms with Crippen molar-refractivity contribution in [2.24, 2.45) is 5.73 Å². The predicted molar refractivity (Wildman–Crippen MR) is 97.7 cm³/mol. The van der Waals surface area contributed by atoms with E-state index in [1.165, 1.54) is 0 Å². The van der Waals surface area contributed by atoms with Gasteiger partial charge in [-0.15, -0.1) is 0 Å². The van der Waals surface area contributed by atoms with Crippen LogP contribution in [0.15, 0.2) is 48.5 Å². The Morgan fingerprint density at radius 1 is 1.21 bits per heavy atom. The van der Waals surface area contributed by atoms with Crippen LogP contribution in [0, 0.1) is 0 Å². The standard InChI is InChI=1S/C19H22N4O/c1-3-12-19(2,20)18(24)21-14-10-8-13(9-11-14)17-22-15-6-4-5-7-16(15)23-17/h4-11H,3,12,20H2,1-2H3,(H,21,24)(H,22,23). The van der Waals surface area contributed by atoms with Gasteiger partial charge >= 0.3 is 0 Å². The van der Waals surface area contributed by atoms with E-state index in [-0.39, 0.29) is 5.91 Å². The number of aromatic nitrogens is 2. The summed E-state index contributed by atoms with van der Waals surface area (Å²) in [7, 11) is 0. The zero-order valence-electron chi connectivity index (χ0n) is 14.0. The number of nitrogens with zero attached hydrogens (tertiary/aromatic N) is 1. The number of aromatic amines is 1. The molecular formula is C19H22N4O. The van der Waals surface area contributed by atoms with Crippen LogP contribution < -0.4 is 11.1 Å². The number of H-pyrrole nitrogens is 1. The van der Waals surface area contributed by atoms with E-state index in [1.54, 1.807) is 6.92 Å². The lowest BCUT2D eigenvalue weighted by Gasteiger charge is -2.22. The molecule has 1 atom stereocenters. The van der Waals surface area contributed by atoms with Crippen molar-refractivity contribution in [2.45, 2.75) is 32.2 Å². The second kappa shape index (κ2) is 6.45. The van der Waals surface area contributed by atoms with Gasteiger partial charge in [-0.25, -0.2) is 4.98 Å². The van der Waals surface area contributed by atoms with Gasteiger partial charge in [-0.05, 0) is 49.7 Å². The number of imidazole rings is 1. The molecule has 0 bridgehead atoms. The first-order valence-electron chi connectivity index (χ1n) is 8.15. The molecule has 5 nitrogen and oxygen atoms in total. The first-order chi connectivity index (χ1) is 11.5. The van der Waals surface area contributed by atoms with E-state index in [4.69, 9.17) is 5.73 Å². The van der Waals surface area contributed by atoms with Gasteiger partial charge in [0, 0.05) is 11.3 Å². The SMILES string of the molecule is CCCC(C)(N)C(=O)Nc1ccc(-c2nc3ccccc3[nH]2)cc1. The molecule has 0 saturated carbocycles. The van der Waals surface area contributed by atoms with Crippen LogP contribution in [-0.4, -0.2) is 21.4 Å². The number of fused-ring (bicyclic) bond motifs is 1. The second-order valence-electron chi connectivity index (χ2n) is 6.30. The highest BCUT2D eigenvalue weighted by atomic mass is 16.2. The van der Waals surface area contributed by atoms with E-state index in [9.17, 15) is 4.79 Å². The molecule has 3 aromatic rings. The fraction of sp³-hybridized carbons (Fsp3) is 0.263. The Morgan fingerprint density at radius 2 is 1.92 bits per heavy atom. The largest absolute Gasteiger partial charge is 0.338 e. The Kier molecular flexibility index (Phi) is 4.36. The summed E-state index contributed by atoms with van der Waals surface area (Å²) in [6, 6.07) is 15.5. The van der Waals surface area contributed by atoms with Gasteiger partial charge < -0.3 is 16.0 Å². The number of hydrogen-bond donors (Lipinski definition) is 3. The van der Waals surface area contributed by atoms with Crippen LogP contribution in [0.1, 0.15) is 26.7 Å². The minimum atomic E-state index is -0.855. The van der Waals surface area contributed by atoms with Gasteiger partial charge in [0.1, 0.15) is 5.82 Å². The fourth-order valence-electron chi connectivity index (χ4n) is 2.71. The number of nitrogens with one attached hydrogen (secondary N) is 2. The van der Waals surface area contributed by atoms with Crippen molar-refractivity contribution in [3.63, 3.8) is 0 Å². The third-order valence-electron chi connectivity index (χ3n) is 4.09. The predicted octanol–water partition coefficient (Wildman–Crippen LogP) is 3.69. The molecule has 0 aliphatic rings. The highest BCUT2D eigenvalue weighted by Gasteiger charge is 2.27. The van der Waals surface area contributed by atoms with Gasteiger partial charge in [0.25, 0.3) is 0 Å². The van der Waals surface area contributed by atoms with E-state index in [1.807, 2.05) is 55.5 Å². The van der Waals surface area contributed by atoms with Crippen LogP contribution in [0.25, 0.3) is 22.4 Å². The smallest absolute Gasteiger partial charge is 0.244 e. The number of nitrogens with two attached hydrogens (primary N) is 1. The minimum absolute atomic E-state index is 0.166. The summed E-state index contributed by atoms with van der Waals surface area (Å²) in [4.78, 5) is 20.1. The highest BCUT2D eigenvalue weighted by Crippen LogP contribution is 2.22. The van der Waals surface area contributed by atoms with E-state index < -0.39 is 5.54 Å². The van der Waals surface area contributed by atoms with Crippen LogP contribution in [0.2, 0.25) is 0 Å². The van der Waals surface area contributed by atoms with Gasteiger partial charge in [-0.3, -0.25) is 4.79 Å². The van der Waals surface area contributed by atoms with Crippen LogP contribution in [0.5, 0.6) is 0 Å². The van der Waals surface area contributed by atoms with Gasteiger partial charge in [-0.2, -0.15) is 0 Å². The number of amides is 1. The molecule has 0 aliphatic heterocycles. The summed E-state index contributed by atoms with van der Waals surface area (Å²) >= 11 is 0. The Bertz CT molecular complexity index is 816. The molecular weight excluding hydrogens is 300 g/mol.